The summed E-state index contributed by atoms with van der Waals surface area (Å²) in [6.45, 7) is 12.3. The Kier molecular flexibility index (Phi) is 3.06. The smallest absolute Gasteiger partial charge is 0.0483 e. The summed E-state index contributed by atoms with van der Waals surface area (Å²) in [5, 5.41) is 3.57. The molecule has 2 saturated heterocycles. The van der Waals surface area contributed by atoms with Crippen molar-refractivity contribution in [2.45, 2.75) is 44.7 Å². The fraction of sp³-hybridized carbons (Fsp3) is 1.00. The van der Waals surface area contributed by atoms with Crippen LogP contribution in [0.2, 0.25) is 0 Å². The summed E-state index contributed by atoms with van der Waals surface area (Å²) in [6, 6.07) is 0. The van der Waals surface area contributed by atoms with Gasteiger partial charge in [-0.25, -0.2) is 0 Å². The topological polar surface area (TPSA) is 24.5 Å². The summed E-state index contributed by atoms with van der Waals surface area (Å²) in [4.78, 5) is 2.66. The number of ether oxygens (including phenoxy) is 1. The van der Waals surface area contributed by atoms with E-state index < -0.39 is 0 Å². The lowest BCUT2D eigenvalue weighted by molar-refractivity contribution is -0.0380. The molecule has 0 saturated carbocycles. The quantitative estimate of drug-likeness (QED) is 0.708. The summed E-state index contributed by atoms with van der Waals surface area (Å²) in [6.07, 6.45) is 2.37. The number of hydrogen-bond acceptors (Lipinski definition) is 3. The van der Waals surface area contributed by atoms with Crippen LogP contribution < -0.4 is 5.32 Å². The van der Waals surface area contributed by atoms with Crippen molar-refractivity contribution in [2.75, 3.05) is 32.8 Å². The Bertz CT molecular complexity index is 222. The van der Waals surface area contributed by atoms with Crippen LogP contribution >= 0.6 is 0 Å². The normalized spacial score (nSPS) is 31.4. The number of rotatable bonds is 1. The molecule has 2 aliphatic rings. The lowest BCUT2D eigenvalue weighted by Crippen LogP contribution is -2.63. The van der Waals surface area contributed by atoms with E-state index in [0.717, 1.165) is 26.3 Å². The minimum absolute atomic E-state index is 0.263. The Labute approximate surface area is 93.2 Å². The van der Waals surface area contributed by atoms with Crippen molar-refractivity contribution in [3.8, 4) is 0 Å². The Morgan fingerprint density at radius 3 is 2.40 bits per heavy atom. The van der Waals surface area contributed by atoms with Crippen LogP contribution in [0.15, 0.2) is 0 Å². The summed E-state index contributed by atoms with van der Waals surface area (Å²) in [7, 11) is 0. The van der Waals surface area contributed by atoms with Crippen molar-refractivity contribution in [2.24, 2.45) is 0 Å². The zero-order valence-electron chi connectivity index (χ0n) is 10.3. The largest absolute Gasteiger partial charge is 0.381 e. The van der Waals surface area contributed by atoms with E-state index in [4.69, 9.17) is 4.74 Å². The molecule has 3 nitrogen and oxygen atoms in total. The Morgan fingerprint density at radius 2 is 1.80 bits per heavy atom. The molecule has 0 amide bonds. The van der Waals surface area contributed by atoms with Crippen molar-refractivity contribution in [3.05, 3.63) is 0 Å². The molecule has 3 heteroatoms. The summed E-state index contributed by atoms with van der Waals surface area (Å²) in [5.41, 5.74) is 0.636. The molecule has 2 heterocycles. The lowest BCUT2D eigenvalue weighted by atomic mass is 9.87. The monoisotopic (exact) mass is 212 g/mol. The first-order valence-electron chi connectivity index (χ1n) is 6.10. The molecule has 0 aromatic heterocycles. The van der Waals surface area contributed by atoms with Gasteiger partial charge in [0, 0.05) is 43.9 Å². The van der Waals surface area contributed by atoms with Crippen LogP contribution in [0.5, 0.6) is 0 Å². The predicted octanol–water partition coefficient (Wildman–Crippen LogP) is 1.24. The van der Waals surface area contributed by atoms with E-state index >= 15 is 0 Å². The third-order valence-corrected chi connectivity index (χ3v) is 3.90. The van der Waals surface area contributed by atoms with E-state index in [-0.39, 0.29) is 5.54 Å². The molecule has 0 atom stereocenters. The van der Waals surface area contributed by atoms with Crippen LogP contribution in [0.25, 0.3) is 0 Å². The van der Waals surface area contributed by atoms with Gasteiger partial charge in [0.2, 0.25) is 0 Å². The predicted molar refractivity (Wildman–Crippen MR) is 62.1 cm³/mol. The second-order valence-corrected chi connectivity index (χ2v) is 5.84. The molecule has 0 radical (unpaired) electrons. The highest BCUT2D eigenvalue weighted by Crippen LogP contribution is 2.29. The highest BCUT2D eigenvalue weighted by Gasteiger charge is 2.38. The third-order valence-electron chi connectivity index (χ3n) is 3.90. The number of nitrogens with zero attached hydrogens (tertiary/aromatic N) is 1. The van der Waals surface area contributed by atoms with Gasteiger partial charge in [0.1, 0.15) is 0 Å². The van der Waals surface area contributed by atoms with E-state index in [1.807, 2.05) is 0 Å². The van der Waals surface area contributed by atoms with Gasteiger partial charge in [0.15, 0.2) is 0 Å². The first-order chi connectivity index (χ1) is 7.02. The van der Waals surface area contributed by atoms with E-state index in [0.29, 0.717) is 5.54 Å². The highest BCUT2D eigenvalue weighted by atomic mass is 16.5. The van der Waals surface area contributed by atoms with Crippen molar-refractivity contribution < 1.29 is 4.74 Å². The molecule has 15 heavy (non-hydrogen) atoms. The van der Waals surface area contributed by atoms with Gasteiger partial charge >= 0.3 is 0 Å². The van der Waals surface area contributed by atoms with Crippen LogP contribution in [0.1, 0.15) is 33.6 Å². The van der Waals surface area contributed by atoms with Gasteiger partial charge in [-0.05, 0) is 33.6 Å². The molecule has 0 aliphatic carbocycles. The number of hydrogen-bond donors (Lipinski definition) is 1. The zero-order valence-corrected chi connectivity index (χ0v) is 10.3. The van der Waals surface area contributed by atoms with Crippen LogP contribution in [-0.4, -0.2) is 48.8 Å². The number of piperazine rings is 1. The molecule has 0 bridgehead atoms. The van der Waals surface area contributed by atoms with Gasteiger partial charge in [-0.2, -0.15) is 0 Å². The second kappa shape index (κ2) is 4.04. The Balaban J connectivity index is 2.02. The first kappa shape index (κ1) is 11.4. The van der Waals surface area contributed by atoms with E-state index in [1.165, 1.54) is 19.4 Å². The summed E-state index contributed by atoms with van der Waals surface area (Å²) in [5.74, 6) is 0. The standard InChI is InChI=1S/C12H24N2O/c1-11(2)10-14(7-6-13-11)12(3)4-8-15-9-5-12/h13H,4-10H2,1-3H3. The maximum atomic E-state index is 5.47. The zero-order chi connectivity index (χ0) is 10.9. The summed E-state index contributed by atoms with van der Waals surface area (Å²) < 4.78 is 5.47. The van der Waals surface area contributed by atoms with Gasteiger partial charge in [0.25, 0.3) is 0 Å². The molecular weight excluding hydrogens is 188 g/mol. The van der Waals surface area contributed by atoms with Crippen LogP contribution in [0.4, 0.5) is 0 Å². The molecule has 0 unspecified atom stereocenters. The maximum Gasteiger partial charge on any atom is 0.0483 e. The van der Waals surface area contributed by atoms with Gasteiger partial charge in [-0.1, -0.05) is 0 Å². The van der Waals surface area contributed by atoms with E-state index in [2.05, 4.69) is 31.0 Å². The van der Waals surface area contributed by atoms with Crippen molar-refractivity contribution in [1.82, 2.24) is 10.2 Å². The Morgan fingerprint density at radius 1 is 1.13 bits per heavy atom. The summed E-state index contributed by atoms with van der Waals surface area (Å²) >= 11 is 0. The van der Waals surface area contributed by atoms with Crippen molar-refractivity contribution in [3.63, 3.8) is 0 Å². The molecule has 88 valence electrons. The average Bonchev–Trinajstić information content (AvgIpc) is 2.17. The second-order valence-electron chi connectivity index (χ2n) is 5.84. The average molecular weight is 212 g/mol. The van der Waals surface area contributed by atoms with Gasteiger partial charge < -0.3 is 10.1 Å². The minimum atomic E-state index is 0.263. The van der Waals surface area contributed by atoms with Crippen LogP contribution in [0, 0.1) is 0 Å². The van der Waals surface area contributed by atoms with Crippen molar-refractivity contribution in [1.29, 1.82) is 0 Å². The van der Waals surface area contributed by atoms with Gasteiger partial charge in [-0.3, -0.25) is 4.90 Å². The van der Waals surface area contributed by atoms with Gasteiger partial charge in [-0.15, -0.1) is 0 Å². The minimum Gasteiger partial charge on any atom is -0.381 e. The van der Waals surface area contributed by atoms with Gasteiger partial charge in [0.05, 0.1) is 0 Å². The molecule has 2 aliphatic heterocycles. The van der Waals surface area contributed by atoms with Crippen LogP contribution in [0.3, 0.4) is 0 Å². The van der Waals surface area contributed by atoms with Crippen LogP contribution in [-0.2, 0) is 4.74 Å². The SMILES string of the molecule is CC1(C)CN(C2(C)CCOCC2)CCN1. The molecule has 2 rings (SSSR count). The first-order valence-corrected chi connectivity index (χ1v) is 6.10. The number of nitrogens with one attached hydrogen (secondary N) is 1. The molecule has 2 fully saturated rings. The fourth-order valence-corrected chi connectivity index (χ4v) is 2.73. The molecule has 1 N–H and O–H groups in total. The molecular formula is C12H24N2O. The fourth-order valence-electron chi connectivity index (χ4n) is 2.73. The highest BCUT2D eigenvalue weighted by molar-refractivity contribution is 4.96. The maximum absolute atomic E-state index is 5.47. The molecule has 0 spiro atoms. The molecule has 0 aromatic carbocycles. The van der Waals surface area contributed by atoms with Crippen molar-refractivity contribution >= 4 is 0 Å². The van der Waals surface area contributed by atoms with E-state index in [9.17, 15) is 0 Å². The van der Waals surface area contributed by atoms with E-state index in [1.54, 1.807) is 0 Å². The molecule has 0 aromatic rings. The lowest BCUT2D eigenvalue weighted by Gasteiger charge is -2.50. The third kappa shape index (κ3) is 2.52. The Hall–Kier alpha value is -0.120.